The van der Waals surface area contributed by atoms with Crippen LogP contribution >= 0.6 is 0 Å². The average Bonchev–Trinajstić information content (AvgIpc) is 3.45. The zero-order valence-corrected chi connectivity index (χ0v) is 15.9. The molecule has 1 aliphatic carbocycles. The first-order valence-electron chi connectivity index (χ1n) is 10.1. The molecule has 0 spiro atoms. The van der Waals surface area contributed by atoms with E-state index >= 15 is 0 Å². The second-order valence-electron chi connectivity index (χ2n) is 8.11. The lowest BCUT2D eigenvalue weighted by Crippen LogP contribution is -2.47. The second-order valence-corrected chi connectivity index (χ2v) is 8.11. The van der Waals surface area contributed by atoms with Crippen molar-refractivity contribution in [3.63, 3.8) is 0 Å². The first kappa shape index (κ1) is 19.1. The minimum absolute atomic E-state index is 0.180. The van der Waals surface area contributed by atoms with Gasteiger partial charge in [0.05, 0.1) is 0 Å². The number of rotatable bonds is 9. The number of hydrogen-bond acceptors (Lipinski definition) is 4. The quantitative estimate of drug-likeness (QED) is 0.480. The highest BCUT2D eigenvalue weighted by Crippen LogP contribution is 2.42. The molecule has 0 bridgehead atoms. The first-order valence-corrected chi connectivity index (χ1v) is 10.1. The van der Waals surface area contributed by atoms with Crippen molar-refractivity contribution in [2.24, 2.45) is 5.92 Å². The number of likely N-dealkylation sites (tertiary alicyclic amines) is 1. The molecule has 1 saturated carbocycles. The van der Waals surface area contributed by atoms with Crippen molar-refractivity contribution in [1.29, 1.82) is 0 Å². The van der Waals surface area contributed by atoms with Crippen LogP contribution in [0.5, 0.6) is 0 Å². The van der Waals surface area contributed by atoms with Gasteiger partial charge in [-0.2, -0.15) is 0 Å². The molecule has 7 heteroatoms. The molecule has 26 heavy (non-hydrogen) atoms. The Morgan fingerprint density at radius 3 is 2.58 bits per heavy atom. The number of imide groups is 1. The van der Waals surface area contributed by atoms with Gasteiger partial charge in [0.2, 0.25) is 5.91 Å². The number of carbonyl (C=O) groups excluding carboxylic acids is 3. The molecule has 3 fully saturated rings. The van der Waals surface area contributed by atoms with Crippen LogP contribution < -0.4 is 10.6 Å². The number of nitrogens with one attached hydrogen (secondary N) is 2. The summed E-state index contributed by atoms with van der Waals surface area (Å²) < 4.78 is 0. The van der Waals surface area contributed by atoms with E-state index in [-0.39, 0.29) is 24.3 Å². The van der Waals surface area contributed by atoms with Crippen molar-refractivity contribution in [3.05, 3.63) is 0 Å². The van der Waals surface area contributed by atoms with E-state index in [2.05, 4.69) is 15.5 Å². The second kappa shape index (κ2) is 8.37. The standard InChI is InChI=1S/C19H32N4O3/c1-19(15-8-9-15)17(25)23(18(26)21-19)14-16(24)20-10-4-2-5-11-22-12-6-3-7-13-22/h15H,2-14H2,1H3,(H,20,24)(H,21,26). The Morgan fingerprint density at radius 1 is 1.15 bits per heavy atom. The SMILES string of the molecule is CC1(C2CC2)NC(=O)N(CC(=O)NCCCCCN2CCCCC2)C1=O. The number of carbonyl (C=O) groups is 3. The lowest BCUT2D eigenvalue weighted by atomic mass is 9.96. The predicted molar refractivity (Wildman–Crippen MR) is 98.5 cm³/mol. The van der Waals surface area contributed by atoms with Gasteiger partial charge in [0.25, 0.3) is 5.91 Å². The summed E-state index contributed by atoms with van der Waals surface area (Å²) in [5.74, 6) is -0.307. The number of piperidine rings is 1. The van der Waals surface area contributed by atoms with E-state index in [9.17, 15) is 14.4 Å². The van der Waals surface area contributed by atoms with Gasteiger partial charge in [-0.3, -0.25) is 14.5 Å². The average molecular weight is 364 g/mol. The summed E-state index contributed by atoms with van der Waals surface area (Å²) in [6.07, 6.45) is 9.08. The number of hydrogen-bond donors (Lipinski definition) is 2. The maximum Gasteiger partial charge on any atom is 0.325 e. The van der Waals surface area contributed by atoms with Crippen molar-refractivity contribution >= 4 is 17.8 Å². The largest absolute Gasteiger partial charge is 0.355 e. The highest BCUT2D eigenvalue weighted by atomic mass is 16.2. The molecule has 0 aromatic carbocycles. The van der Waals surface area contributed by atoms with Crippen molar-refractivity contribution in [2.45, 2.75) is 63.8 Å². The maximum atomic E-state index is 12.5. The smallest absolute Gasteiger partial charge is 0.325 e. The van der Waals surface area contributed by atoms with E-state index in [1.807, 2.05) is 0 Å². The van der Waals surface area contributed by atoms with Crippen LogP contribution in [0.15, 0.2) is 0 Å². The number of unbranched alkanes of at least 4 members (excludes halogenated alkanes) is 2. The van der Waals surface area contributed by atoms with E-state index in [1.54, 1.807) is 6.92 Å². The molecule has 0 radical (unpaired) electrons. The van der Waals surface area contributed by atoms with Crippen molar-refractivity contribution in [2.75, 3.05) is 32.7 Å². The third kappa shape index (κ3) is 4.55. The van der Waals surface area contributed by atoms with E-state index in [4.69, 9.17) is 0 Å². The fourth-order valence-corrected chi connectivity index (χ4v) is 4.04. The maximum absolute atomic E-state index is 12.5. The first-order chi connectivity index (χ1) is 12.5. The topological polar surface area (TPSA) is 81.8 Å². The lowest BCUT2D eigenvalue weighted by Gasteiger charge is -2.26. The highest BCUT2D eigenvalue weighted by molar-refractivity contribution is 6.09. The Labute approximate surface area is 155 Å². The molecular weight excluding hydrogens is 332 g/mol. The molecule has 0 aromatic rings. The van der Waals surface area contributed by atoms with Gasteiger partial charge in [0.1, 0.15) is 12.1 Å². The molecule has 7 nitrogen and oxygen atoms in total. The number of urea groups is 1. The van der Waals surface area contributed by atoms with Crippen LogP contribution in [-0.4, -0.2) is 65.9 Å². The van der Waals surface area contributed by atoms with Crippen molar-refractivity contribution < 1.29 is 14.4 Å². The van der Waals surface area contributed by atoms with Gasteiger partial charge in [-0.15, -0.1) is 0 Å². The van der Waals surface area contributed by atoms with E-state index in [0.29, 0.717) is 6.54 Å². The molecule has 1 atom stereocenters. The summed E-state index contributed by atoms with van der Waals surface area (Å²) in [7, 11) is 0. The summed E-state index contributed by atoms with van der Waals surface area (Å²) >= 11 is 0. The van der Waals surface area contributed by atoms with Crippen LogP contribution in [0.4, 0.5) is 4.79 Å². The van der Waals surface area contributed by atoms with E-state index in [1.165, 1.54) is 32.4 Å². The van der Waals surface area contributed by atoms with E-state index < -0.39 is 11.6 Å². The van der Waals surface area contributed by atoms with Crippen LogP contribution in [0.3, 0.4) is 0 Å². The third-order valence-corrected chi connectivity index (χ3v) is 5.92. The molecule has 2 saturated heterocycles. The van der Waals surface area contributed by atoms with Gasteiger partial charge in [0, 0.05) is 6.54 Å². The molecule has 2 heterocycles. The van der Waals surface area contributed by atoms with Crippen LogP contribution in [0.2, 0.25) is 0 Å². The molecule has 3 rings (SSSR count). The molecule has 0 aromatic heterocycles. The minimum Gasteiger partial charge on any atom is -0.355 e. The summed E-state index contributed by atoms with van der Waals surface area (Å²) in [6, 6.07) is -0.443. The number of amides is 4. The monoisotopic (exact) mass is 364 g/mol. The Morgan fingerprint density at radius 2 is 1.88 bits per heavy atom. The van der Waals surface area contributed by atoms with E-state index in [0.717, 1.165) is 43.5 Å². The van der Waals surface area contributed by atoms with Gasteiger partial charge in [-0.05, 0) is 71.0 Å². The van der Waals surface area contributed by atoms with Crippen molar-refractivity contribution in [1.82, 2.24) is 20.4 Å². The molecule has 146 valence electrons. The minimum atomic E-state index is -0.814. The van der Waals surface area contributed by atoms with Gasteiger partial charge in [-0.1, -0.05) is 12.8 Å². The van der Waals surface area contributed by atoms with Crippen LogP contribution in [0, 0.1) is 5.92 Å². The third-order valence-electron chi connectivity index (χ3n) is 5.92. The number of nitrogens with zero attached hydrogens (tertiary/aromatic N) is 2. The van der Waals surface area contributed by atoms with Crippen LogP contribution in [-0.2, 0) is 9.59 Å². The molecule has 2 aliphatic heterocycles. The molecule has 1 unspecified atom stereocenters. The Balaban J connectivity index is 1.29. The van der Waals surface area contributed by atoms with Gasteiger partial charge >= 0.3 is 6.03 Å². The normalized spacial score (nSPS) is 26.9. The zero-order chi connectivity index (χ0) is 18.6. The summed E-state index contributed by atoms with van der Waals surface area (Å²) in [6.45, 7) is 5.79. The fraction of sp³-hybridized carbons (Fsp3) is 0.842. The molecule has 4 amide bonds. The summed E-state index contributed by atoms with van der Waals surface area (Å²) in [4.78, 5) is 40.2. The van der Waals surface area contributed by atoms with Crippen molar-refractivity contribution in [3.8, 4) is 0 Å². The van der Waals surface area contributed by atoms with Crippen LogP contribution in [0.1, 0.15) is 58.3 Å². The Hall–Kier alpha value is -1.63. The van der Waals surface area contributed by atoms with Gasteiger partial charge in [0.15, 0.2) is 0 Å². The summed E-state index contributed by atoms with van der Waals surface area (Å²) in [5.41, 5.74) is -0.814. The Bertz CT molecular complexity index is 543. The Kier molecular flexibility index (Phi) is 6.16. The van der Waals surface area contributed by atoms with Gasteiger partial charge in [-0.25, -0.2) is 4.79 Å². The predicted octanol–water partition coefficient (Wildman–Crippen LogP) is 1.48. The van der Waals surface area contributed by atoms with Gasteiger partial charge < -0.3 is 15.5 Å². The lowest BCUT2D eigenvalue weighted by molar-refractivity contribution is -0.135. The zero-order valence-electron chi connectivity index (χ0n) is 15.9. The summed E-state index contributed by atoms with van der Waals surface area (Å²) in [5, 5.41) is 5.60. The fourth-order valence-electron chi connectivity index (χ4n) is 4.04. The molecule has 2 N–H and O–H groups in total. The highest BCUT2D eigenvalue weighted by Gasteiger charge is 2.56. The van der Waals surface area contributed by atoms with Crippen LogP contribution in [0.25, 0.3) is 0 Å². The molecular formula is C19H32N4O3. The molecule has 3 aliphatic rings.